The minimum absolute atomic E-state index is 0.0534. The van der Waals surface area contributed by atoms with E-state index in [-0.39, 0.29) is 11.9 Å². The number of rotatable bonds is 3. The molecule has 1 aliphatic heterocycles. The molecule has 1 heterocycles. The van der Waals surface area contributed by atoms with Gasteiger partial charge in [-0.05, 0) is 37.0 Å². The fraction of sp³-hybridized carbons (Fsp3) is 0.562. The SMILES string of the molecule is O=C(NC1CCCCC1)c1cccc(C2CCON2)c1. The first-order valence-corrected chi connectivity index (χ1v) is 7.61. The van der Waals surface area contributed by atoms with E-state index in [0.717, 1.165) is 37.0 Å². The molecule has 108 valence electrons. The van der Waals surface area contributed by atoms with Crippen LogP contribution in [0.25, 0.3) is 0 Å². The Morgan fingerprint density at radius 2 is 2.05 bits per heavy atom. The van der Waals surface area contributed by atoms with Crippen molar-refractivity contribution in [1.29, 1.82) is 0 Å². The summed E-state index contributed by atoms with van der Waals surface area (Å²) in [6.07, 6.45) is 6.94. The lowest BCUT2D eigenvalue weighted by molar-refractivity contribution is 0.0880. The van der Waals surface area contributed by atoms with Crippen molar-refractivity contribution in [3.05, 3.63) is 35.4 Å². The summed E-state index contributed by atoms with van der Waals surface area (Å²) in [6.45, 7) is 0.725. The van der Waals surface area contributed by atoms with Gasteiger partial charge in [-0.25, -0.2) is 0 Å². The normalized spacial score (nSPS) is 23.7. The van der Waals surface area contributed by atoms with Crippen LogP contribution in [0.3, 0.4) is 0 Å². The van der Waals surface area contributed by atoms with Gasteiger partial charge in [0.05, 0.1) is 12.6 Å². The molecule has 1 atom stereocenters. The van der Waals surface area contributed by atoms with Gasteiger partial charge in [0, 0.05) is 11.6 Å². The Labute approximate surface area is 119 Å². The predicted molar refractivity (Wildman–Crippen MR) is 77.2 cm³/mol. The monoisotopic (exact) mass is 274 g/mol. The van der Waals surface area contributed by atoms with Crippen LogP contribution in [0.4, 0.5) is 0 Å². The van der Waals surface area contributed by atoms with Crippen LogP contribution in [-0.2, 0) is 4.84 Å². The number of benzene rings is 1. The first-order valence-electron chi connectivity index (χ1n) is 7.61. The van der Waals surface area contributed by atoms with Gasteiger partial charge in [-0.2, -0.15) is 5.48 Å². The molecule has 1 saturated carbocycles. The Hall–Kier alpha value is -1.39. The molecule has 1 aliphatic carbocycles. The lowest BCUT2D eigenvalue weighted by atomic mass is 9.95. The summed E-state index contributed by atoms with van der Waals surface area (Å²) < 4.78 is 0. The highest BCUT2D eigenvalue weighted by molar-refractivity contribution is 5.94. The Balaban J connectivity index is 1.66. The molecule has 2 N–H and O–H groups in total. The van der Waals surface area contributed by atoms with E-state index in [1.807, 2.05) is 24.3 Å². The fourth-order valence-electron chi connectivity index (χ4n) is 3.04. The van der Waals surface area contributed by atoms with Gasteiger partial charge in [0.15, 0.2) is 0 Å². The van der Waals surface area contributed by atoms with Gasteiger partial charge in [0.2, 0.25) is 0 Å². The van der Waals surface area contributed by atoms with Crippen LogP contribution in [0.2, 0.25) is 0 Å². The number of carbonyl (C=O) groups excluding carboxylic acids is 1. The molecule has 4 heteroatoms. The summed E-state index contributed by atoms with van der Waals surface area (Å²) >= 11 is 0. The van der Waals surface area contributed by atoms with E-state index >= 15 is 0 Å². The van der Waals surface area contributed by atoms with E-state index in [1.165, 1.54) is 19.3 Å². The Morgan fingerprint density at radius 1 is 1.20 bits per heavy atom. The summed E-state index contributed by atoms with van der Waals surface area (Å²) in [7, 11) is 0. The maximum Gasteiger partial charge on any atom is 0.251 e. The molecule has 0 aromatic heterocycles. The summed E-state index contributed by atoms with van der Waals surface area (Å²) in [4.78, 5) is 17.5. The summed E-state index contributed by atoms with van der Waals surface area (Å²) in [5.41, 5.74) is 4.86. The van der Waals surface area contributed by atoms with Crippen molar-refractivity contribution in [2.45, 2.75) is 50.6 Å². The molecule has 2 fully saturated rings. The van der Waals surface area contributed by atoms with E-state index in [0.29, 0.717) is 6.04 Å². The number of hydrogen-bond acceptors (Lipinski definition) is 3. The van der Waals surface area contributed by atoms with Gasteiger partial charge in [-0.3, -0.25) is 4.79 Å². The molecule has 4 nitrogen and oxygen atoms in total. The van der Waals surface area contributed by atoms with Gasteiger partial charge < -0.3 is 10.2 Å². The lowest BCUT2D eigenvalue weighted by Crippen LogP contribution is -2.36. The molecule has 0 bridgehead atoms. The zero-order valence-electron chi connectivity index (χ0n) is 11.7. The van der Waals surface area contributed by atoms with Gasteiger partial charge in [0.25, 0.3) is 5.91 Å². The second kappa shape index (κ2) is 6.37. The molecule has 1 aromatic carbocycles. The third-order valence-corrected chi connectivity index (χ3v) is 4.23. The second-order valence-electron chi connectivity index (χ2n) is 5.74. The van der Waals surface area contributed by atoms with Crippen molar-refractivity contribution < 1.29 is 9.63 Å². The number of carbonyl (C=O) groups is 1. The van der Waals surface area contributed by atoms with Crippen LogP contribution in [0.15, 0.2) is 24.3 Å². The fourth-order valence-corrected chi connectivity index (χ4v) is 3.04. The van der Waals surface area contributed by atoms with E-state index in [9.17, 15) is 4.79 Å². The smallest absolute Gasteiger partial charge is 0.251 e. The zero-order valence-corrected chi connectivity index (χ0v) is 11.7. The maximum atomic E-state index is 12.3. The molecule has 0 radical (unpaired) electrons. The highest BCUT2D eigenvalue weighted by Crippen LogP contribution is 2.22. The molecule has 3 rings (SSSR count). The number of nitrogens with one attached hydrogen (secondary N) is 2. The minimum Gasteiger partial charge on any atom is -0.349 e. The standard InChI is InChI=1S/C16H22N2O2/c19-16(17-14-7-2-1-3-8-14)13-6-4-5-12(11-13)15-9-10-20-18-15/h4-6,11,14-15,18H,1-3,7-10H2,(H,17,19). The molecular weight excluding hydrogens is 252 g/mol. The van der Waals surface area contributed by atoms with Gasteiger partial charge >= 0.3 is 0 Å². The Morgan fingerprint density at radius 3 is 2.80 bits per heavy atom. The lowest BCUT2D eigenvalue weighted by Gasteiger charge is -2.23. The molecule has 0 spiro atoms. The van der Waals surface area contributed by atoms with Crippen LogP contribution < -0.4 is 10.8 Å². The summed E-state index contributed by atoms with van der Waals surface area (Å²) in [6, 6.07) is 8.42. The quantitative estimate of drug-likeness (QED) is 0.891. The summed E-state index contributed by atoms with van der Waals surface area (Å²) in [5, 5.41) is 3.16. The number of amides is 1. The average Bonchev–Trinajstić information content (AvgIpc) is 3.03. The minimum atomic E-state index is 0.0534. The van der Waals surface area contributed by atoms with Gasteiger partial charge in [0.1, 0.15) is 0 Å². The number of hydrogen-bond donors (Lipinski definition) is 2. The van der Waals surface area contributed by atoms with Crippen molar-refractivity contribution in [2.75, 3.05) is 6.61 Å². The van der Waals surface area contributed by atoms with Crippen molar-refractivity contribution in [1.82, 2.24) is 10.8 Å². The summed E-state index contributed by atoms with van der Waals surface area (Å²) in [5.74, 6) is 0.0534. The largest absolute Gasteiger partial charge is 0.349 e. The molecular formula is C16H22N2O2. The molecule has 1 unspecified atom stereocenters. The van der Waals surface area contributed by atoms with Crippen molar-refractivity contribution in [3.8, 4) is 0 Å². The third kappa shape index (κ3) is 3.19. The van der Waals surface area contributed by atoms with E-state index < -0.39 is 0 Å². The van der Waals surface area contributed by atoms with Crippen LogP contribution >= 0.6 is 0 Å². The van der Waals surface area contributed by atoms with Gasteiger partial charge in [-0.1, -0.05) is 31.4 Å². The molecule has 2 aliphatic rings. The first-order chi connectivity index (χ1) is 9.83. The molecule has 1 saturated heterocycles. The van der Waals surface area contributed by atoms with Crippen molar-refractivity contribution in [2.24, 2.45) is 0 Å². The molecule has 1 amide bonds. The van der Waals surface area contributed by atoms with E-state index in [2.05, 4.69) is 10.8 Å². The molecule has 20 heavy (non-hydrogen) atoms. The Bertz CT molecular complexity index is 463. The second-order valence-corrected chi connectivity index (χ2v) is 5.74. The van der Waals surface area contributed by atoms with Gasteiger partial charge in [-0.15, -0.1) is 0 Å². The van der Waals surface area contributed by atoms with E-state index in [1.54, 1.807) is 0 Å². The van der Waals surface area contributed by atoms with Crippen molar-refractivity contribution >= 4 is 5.91 Å². The van der Waals surface area contributed by atoms with Crippen LogP contribution in [0.1, 0.15) is 60.5 Å². The topological polar surface area (TPSA) is 50.4 Å². The van der Waals surface area contributed by atoms with Crippen molar-refractivity contribution in [3.63, 3.8) is 0 Å². The highest BCUT2D eigenvalue weighted by Gasteiger charge is 2.20. The van der Waals surface area contributed by atoms with Crippen LogP contribution in [0.5, 0.6) is 0 Å². The average molecular weight is 274 g/mol. The predicted octanol–water partition coefficient (Wildman–Crippen LogP) is 2.72. The van der Waals surface area contributed by atoms with Crippen LogP contribution in [-0.4, -0.2) is 18.6 Å². The third-order valence-electron chi connectivity index (χ3n) is 4.23. The Kier molecular flexibility index (Phi) is 4.33. The molecule has 1 aromatic rings. The first kappa shape index (κ1) is 13.6. The van der Waals surface area contributed by atoms with E-state index in [4.69, 9.17) is 4.84 Å². The van der Waals surface area contributed by atoms with Crippen LogP contribution in [0, 0.1) is 0 Å². The highest BCUT2D eigenvalue weighted by atomic mass is 16.7. The zero-order chi connectivity index (χ0) is 13.8. The number of hydroxylamine groups is 1. The maximum absolute atomic E-state index is 12.3.